The van der Waals surface area contributed by atoms with Crippen LogP contribution >= 0.6 is 0 Å². The molecule has 0 unspecified atom stereocenters. The quantitative estimate of drug-likeness (QED) is 0.419. The van der Waals surface area contributed by atoms with Crippen molar-refractivity contribution in [1.29, 1.82) is 0 Å². The molecule has 108 valence electrons. The van der Waals surface area contributed by atoms with Crippen molar-refractivity contribution in [3.05, 3.63) is 47.8 Å². The zero-order valence-corrected chi connectivity index (χ0v) is 14.7. The SMILES string of the molecule is CCc1[c-]n(CC)c(CC)c1CC.[CH-]=CC=CC.[Ru+2]. The van der Waals surface area contributed by atoms with Gasteiger partial charge in [-0.3, -0.25) is 6.58 Å². The Morgan fingerprint density at radius 2 is 1.74 bits per heavy atom. The second-order valence-electron chi connectivity index (χ2n) is 4.04. The van der Waals surface area contributed by atoms with Gasteiger partial charge in [0.2, 0.25) is 0 Å². The van der Waals surface area contributed by atoms with E-state index in [1.807, 2.05) is 13.0 Å². The zero-order valence-electron chi connectivity index (χ0n) is 12.9. The second-order valence-corrected chi connectivity index (χ2v) is 4.04. The molecule has 0 aliphatic rings. The zero-order chi connectivity index (χ0) is 14.0. The average Bonchev–Trinajstić information content (AvgIpc) is 2.76. The predicted molar refractivity (Wildman–Crippen MR) is 80.8 cm³/mol. The van der Waals surface area contributed by atoms with E-state index in [0.29, 0.717) is 0 Å². The minimum atomic E-state index is 0. The summed E-state index contributed by atoms with van der Waals surface area (Å²) >= 11 is 0. The van der Waals surface area contributed by atoms with E-state index >= 15 is 0 Å². The van der Waals surface area contributed by atoms with Crippen molar-refractivity contribution in [1.82, 2.24) is 4.57 Å². The Balaban J connectivity index is 0. The Bertz CT molecular complexity index is 348. The summed E-state index contributed by atoms with van der Waals surface area (Å²) in [5, 5.41) is 0. The minimum Gasteiger partial charge on any atom is -0.468 e. The average molecular weight is 346 g/mol. The first-order chi connectivity index (χ1) is 8.69. The van der Waals surface area contributed by atoms with E-state index in [-0.39, 0.29) is 19.5 Å². The van der Waals surface area contributed by atoms with Crippen molar-refractivity contribution in [2.75, 3.05) is 0 Å². The first-order valence-electron chi connectivity index (χ1n) is 6.98. The van der Waals surface area contributed by atoms with Gasteiger partial charge in [-0.1, -0.05) is 47.0 Å². The summed E-state index contributed by atoms with van der Waals surface area (Å²) in [6, 6.07) is 0. The Hall–Kier alpha value is -0.617. The summed E-state index contributed by atoms with van der Waals surface area (Å²) in [5.74, 6) is 0. The van der Waals surface area contributed by atoms with Gasteiger partial charge in [-0.2, -0.15) is 17.2 Å². The van der Waals surface area contributed by atoms with Crippen LogP contribution in [0.25, 0.3) is 0 Å². The molecule has 1 heterocycles. The third-order valence-corrected chi connectivity index (χ3v) is 2.97. The Labute approximate surface area is 132 Å². The molecule has 0 N–H and O–H groups in total. The van der Waals surface area contributed by atoms with Crippen molar-refractivity contribution in [3.8, 4) is 0 Å². The summed E-state index contributed by atoms with van der Waals surface area (Å²) in [6.45, 7) is 16.8. The molecule has 0 spiro atoms. The van der Waals surface area contributed by atoms with Crippen molar-refractivity contribution in [3.63, 3.8) is 0 Å². The largest absolute Gasteiger partial charge is 2.00 e. The fourth-order valence-corrected chi connectivity index (χ4v) is 2.13. The molecule has 0 saturated heterocycles. The molecule has 0 aliphatic heterocycles. The standard InChI is InChI=1S/C12H20N.C5H7.Ru/c1-5-10-9-13(8-4)12(7-3)11(10)6-2;1-3-5-4-2;/h5-8H2,1-4H3;1,3-5H,2H3;/q2*-1;+2. The minimum absolute atomic E-state index is 0. The van der Waals surface area contributed by atoms with Gasteiger partial charge in [-0.05, 0) is 13.5 Å². The van der Waals surface area contributed by atoms with Gasteiger partial charge >= 0.3 is 19.5 Å². The fourth-order valence-electron chi connectivity index (χ4n) is 2.13. The van der Waals surface area contributed by atoms with Gasteiger partial charge in [0.25, 0.3) is 0 Å². The molecule has 1 aromatic heterocycles. The van der Waals surface area contributed by atoms with E-state index in [2.05, 4.69) is 38.5 Å². The number of nitrogens with zero attached hydrogens (tertiary/aromatic N) is 1. The third-order valence-electron chi connectivity index (χ3n) is 2.97. The number of hydrogen-bond acceptors (Lipinski definition) is 0. The monoisotopic (exact) mass is 347 g/mol. The van der Waals surface area contributed by atoms with Crippen LogP contribution in [0.2, 0.25) is 0 Å². The van der Waals surface area contributed by atoms with Gasteiger partial charge in [-0.25, -0.2) is 12.2 Å². The Morgan fingerprint density at radius 1 is 1.11 bits per heavy atom. The van der Waals surface area contributed by atoms with Crippen LogP contribution in [-0.2, 0) is 45.3 Å². The topological polar surface area (TPSA) is 4.93 Å². The van der Waals surface area contributed by atoms with E-state index in [9.17, 15) is 0 Å². The molecule has 0 aliphatic carbocycles. The van der Waals surface area contributed by atoms with Gasteiger partial charge in [-0.15, -0.1) is 11.9 Å². The molecule has 0 fully saturated rings. The maximum atomic E-state index is 4.93. The Kier molecular flexibility index (Phi) is 13.5. The molecule has 1 rings (SSSR count). The third kappa shape index (κ3) is 6.38. The van der Waals surface area contributed by atoms with E-state index in [4.69, 9.17) is 6.58 Å². The first kappa shape index (κ1) is 20.7. The van der Waals surface area contributed by atoms with Crippen LogP contribution in [-0.4, -0.2) is 4.57 Å². The van der Waals surface area contributed by atoms with Crippen LogP contribution < -0.4 is 0 Å². The fraction of sp³-hybridized carbons (Fsp3) is 0.529. The van der Waals surface area contributed by atoms with Gasteiger partial charge in [0.15, 0.2) is 0 Å². The number of hydrogen-bond donors (Lipinski definition) is 0. The van der Waals surface area contributed by atoms with Crippen LogP contribution in [0.5, 0.6) is 0 Å². The first-order valence-corrected chi connectivity index (χ1v) is 6.98. The summed E-state index contributed by atoms with van der Waals surface area (Å²) in [7, 11) is 0. The number of aryl methyl sites for hydroxylation is 2. The molecule has 19 heavy (non-hydrogen) atoms. The van der Waals surface area contributed by atoms with Crippen LogP contribution in [0.1, 0.15) is 51.4 Å². The number of rotatable bonds is 5. The second kappa shape index (κ2) is 12.4. The molecule has 2 heteroatoms. The van der Waals surface area contributed by atoms with Crippen LogP contribution in [0, 0.1) is 12.8 Å². The summed E-state index contributed by atoms with van der Waals surface area (Å²) in [4.78, 5) is 0. The van der Waals surface area contributed by atoms with Crippen LogP contribution in [0.3, 0.4) is 0 Å². The molecular formula is C17H27NRu. The molecule has 0 bridgehead atoms. The molecule has 1 aromatic rings. The normalized spacial score (nSPS) is 9.74. The molecule has 0 aromatic carbocycles. The van der Waals surface area contributed by atoms with Crippen molar-refractivity contribution >= 4 is 0 Å². The maximum absolute atomic E-state index is 4.93. The van der Waals surface area contributed by atoms with Crippen LogP contribution in [0.15, 0.2) is 18.2 Å². The van der Waals surface area contributed by atoms with Gasteiger partial charge in [0.05, 0.1) is 0 Å². The van der Waals surface area contributed by atoms with Crippen LogP contribution in [0.4, 0.5) is 0 Å². The van der Waals surface area contributed by atoms with Crippen molar-refractivity contribution < 1.29 is 19.5 Å². The summed E-state index contributed by atoms with van der Waals surface area (Å²) in [6.07, 6.45) is 12.0. The smallest absolute Gasteiger partial charge is 0.468 e. The van der Waals surface area contributed by atoms with E-state index in [0.717, 1.165) is 25.8 Å². The predicted octanol–water partition coefficient (Wildman–Crippen LogP) is 4.54. The van der Waals surface area contributed by atoms with E-state index in [1.165, 1.54) is 22.9 Å². The number of allylic oxidation sites excluding steroid dienone is 3. The molecule has 0 atom stereocenters. The van der Waals surface area contributed by atoms with Crippen molar-refractivity contribution in [2.45, 2.75) is 60.4 Å². The van der Waals surface area contributed by atoms with Gasteiger partial charge in [0.1, 0.15) is 0 Å². The molecule has 1 nitrogen and oxygen atoms in total. The Morgan fingerprint density at radius 3 is 2.00 bits per heavy atom. The molecular weight excluding hydrogens is 319 g/mol. The van der Waals surface area contributed by atoms with Gasteiger partial charge < -0.3 is 4.57 Å². The number of aromatic nitrogens is 1. The van der Waals surface area contributed by atoms with Crippen molar-refractivity contribution in [2.24, 2.45) is 0 Å². The van der Waals surface area contributed by atoms with E-state index in [1.54, 1.807) is 6.08 Å². The molecule has 0 radical (unpaired) electrons. The summed E-state index contributed by atoms with van der Waals surface area (Å²) < 4.78 is 2.28. The molecule has 0 saturated carbocycles. The molecule has 0 amide bonds. The van der Waals surface area contributed by atoms with Gasteiger partial charge in [0, 0.05) is 0 Å². The summed E-state index contributed by atoms with van der Waals surface area (Å²) in [5.41, 5.74) is 4.44. The maximum Gasteiger partial charge on any atom is 2.00 e. The van der Waals surface area contributed by atoms with E-state index < -0.39 is 0 Å².